The molecule has 0 saturated carbocycles. The summed E-state index contributed by atoms with van der Waals surface area (Å²) in [6.45, 7) is -2.66. The van der Waals surface area contributed by atoms with Gasteiger partial charge in [0.25, 0.3) is 0 Å². The average Bonchev–Trinajstić information content (AvgIpc) is 2.69. The van der Waals surface area contributed by atoms with E-state index in [1.807, 2.05) is 0 Å². The summed E-state index contributed by atoms with van der Waals surface area (Å²) in [5.74, 6) is 0.590. The van der Waals surface area contributed by atoms with E-state index >= 15 is 0 Å². The maximum Gasteiger partial charge on any atom is 0.387 e. The van der Waals surface area contributed by atoms with Crippen LogP contribution in [0.3, 0.4) is 0 Å². The Morgan fingerprint density at radius 2 is 1.90 bits per heavy atom. The van der Waals surface area contributed by atoms with Gasteiger partial charge in [0, 0.05) is 5.02 Å². The van der Waals surface area contributed by atoms with Gasteiger partial charge in [0.1, 0.15) is 5.76 Å². The maximum absolute atomic E-state index is 12.5. The molecule has 0 radical (unpaired) electrons. The van der Waals surface area contributed by atoms with Crippen molar-refractivity contribution in [2.24, 2.45) is 0 Å². The molecular formula is C12H7Br3ClF2NO2. The monoisotopic (exact) mass is 507 g/mol. The lowest BCUT2D eigenvalue weighted by Crippen LogP contribution is -2.07. The second-order valence-corrected chi connectivity index (χ2v) is 6.70. The van der Waals surface area contributed by atoms with Crippen molar-refractivity contribution in [3.8, 4) is 5.75 Å². The molecule has 1 N–H and O–H groups in total. The molecule has 2 aromatic rings. The van der Waals surface area contributed by atoms with Crippen molar-refractivity contribution in [1.29, 1.82) is 0 Å². The van der Waals surface area contributed by atoms with Crippen molar-refractivity contribution >= 4 is 65.1 Å². The third kappa shape index (κ3) is 4.58. The summed E-state index contributed by atoms with van der Waals surface area (Å²) in [6.07, 6.45) is 0. The van der Waals surface area contributed by atoms with E-state index in [1.54, 1.807) is 6.07 Å². The van der Waals surface area contributed by atoms with E-state index in [2.05, 4.69) is 57.8 Å². The number of ether oxygens (including phenoxy) is 1. The van der Waals surface area contributed by atoms with Crippen LogP contribution in [0.2, 0.25) is 5.02 Å². The molecular weight excluding hydrogens is 503 g/mol. The summed E-state index contributed by atoms with van der Waals surface area (Å²) in [4.78, 5) is 0. The minimum Gasteiger partial charge on any atom is -0.451 e. The third-order valence-electron chi connectivity index (χ3n) is 2.36. The lowest BCUT2D eigenvalue weighted by molar-refractivity contribution is -0.0498. The highest BCUT2D eigenvalue weighted by atomic mass is 79.9. The van der Waals surface area contributed by atoms with Crippen molar-refractivity contribution in [2.45, 2.75) is 13.2 Å². The van der Waals surface area contributed by atoms with E-state index in [9.17, 15) is 8.78 Å². The largest absolute Gasteiger partial charge is 0.451 e. The van der Waals surface area contributed by atoms with Crippen molar-refractivity contribution in [2.75, 3.05) is 5.32 Å². The van der Waals surface area contributed by atoms with E-state index in [0.29, 0.717) is 25.6 Å². The predicted octanol–water partition coefficient (Wildman–Crippen LogP) is 6.43. The first-order chi connectivity index (χ1) is 9.86. The first-order valence-corrected chi connectivity index (χ1v) is 8.24. The van der Waals surface area contributed by atoms with E-state index < -0.39 is 6.61 Å². The van der Waals surface area contributed by atoms with E-state index in [1.165, 1.54) is 12.1 Å². The summed E-state index contributed by atoms with van der Waals surface area (Å²) in [5, 5.41) is 3.33. The van der Waals surface area contributed by atoms with E-state index in [-0.39, 0.29) is 12.3 Å². The van der Waals surface area contributed by atoms with Gasteiger partial charge in [0.2, 0.25) is 0 Å². The summed E-state index contributed by atoms with van der Waals surface area (Å²) < 4.78 is 36.5. The Morgan fingerprint density at radius 1 is 1.19 bits per heavy atom. The van der Waals surface area contributed by atoms with Gasteiger partial charge in [0.05, 0.1) is 21.2 Å². The molecule has 0 aliphatic rings. The summed E-state index contributed by atoms with van der Waals surface area (Å²) in [6, 6.07) is 4.73. The van der Waals surface area contributed by atoms with Crippen molar-refractivity contribution in [1.82, 2.24) is 0 Å². The second-order valence-electron chi connectivity index (χ2n) is 3.83. The highest BCUT2D eigenvalue weighted by Crippen LogP contribution is 2.38. The molecule has 1 aromatic carbocycles. The smallest absolute Gasteiger partial charge is 0.387 e. The number of rotatable bonds is 5. The molecule has 9 heteroatoms. The van der Waals surface area contributed by atoms with E-state index in [0.717, 1.165) is 4.47 Å². The minimum atomic E-state index is -2.94. The molecule has 1 heterocycles. The molecule has 0 unspecified atom stereocenters. The predicted molar refractivity (Wildman–Crippen MR) is 87.2 cm³/mol. The molecule has 2 rings (SSSR count). The van der Waals surface area contributed by atoms with Crippen molar-refractivity contribution in [3.63, 3.8) is 0 Å². The first kappa shape index (κ1) is 17.1. The number of hydrogen-bond donors (Lipinski definition) is 1. The van der Waals surface area contributed by atoms with E-state index in [4.69, 9.17) is 16.0 Å². The number of hydrogen-bond acceptors (Lipinski definition) is 3. The first-order valence-electron chi connectivity index (χ1n) is 5.48. The van der Waals surface area contributed by atoms with Crippen LogP contribution in [-0.4, -0.2) is 6.61 Å². The van der Waals surface area contributed by atoms with Crippen molar-refractivity contribution < 1.29 is 17.9 Å². The van der Waals surface area contributed by atoms with Gasteiger partial charge in [-0.15, -0.1) is 0 Å². The van der Waals surface area contributed by atoms with Gasteiger partial charge < -0.3 is 14.5 Å². The van der Waals surface area contributed by atoms with Crippen LogP contribution in [0.25, 0.3) is 0 Å². The third-order valence-corrected chi connectivity index (χ3v) is 4.88. The molecule has 0 saturated heterocycles. The quantitative estimate of drug-likeness (QED) is 0.503. The topological polar surface area (TPSA) is 34.4 Å². The Bertz CT molecular complexity index is 632. The van der Waals surface area contributed by atoms with Crippen LogP contribution >= 0.6 is 59.4 Å². The van der Waals surface area contributed by atoms with Gasteiger partial charge in [0.15, 0.2) is 10.4 Å². The highest BCUT2D eigenvalue weighted by molar-refractivity contribution is 9.13. The Morgan fingerprint density at radius 3 is 2.48 bits per heavy atom. The number of halogens is 6. The van der Waals surface area contributed by atoms with Crippen LogP contribution in [-0.2, 0) is 6.54 Å². The van der Waals surface area contributed by atoms with Gasteiger partial charge in [-0.05, 0) is 66.0 Å². The molecule has 21 heavy (non-hydrogen) atoms. The highest BCUT2D eigenvalue weighted by Gasteiger charge is 2.15. The zero-order valence-corrected chi connectivity index (χ0v) is 15.6. The molecule has 0 fully saturated rings. The van der Waals surface area contributed by atoms with Crippen LogP contribution < -0.4 is 10.1 Å². The fourth-order valence-corrected chi connectivity index (χ4v) is 3.12. The van der Waals surface area contributed by atoms with Crippen molar-refractivity contribution in [3.05, 3.63) is 42.6 Å². The van der Waals surface area contributed by atoms with Crippen LogP contribution in [0.4, 0.5) is 14.5 Å². The van der Waals surface area contributed by atoms with Gasteiger partial charge in [-0.25, -0.2) is 0 Å². The normalized spacial score (nSPS) is 11.0. The zero-order valence-electron chi connectivity index (χ0n) is 10.1. The molecule has 0 aliphatic heterocycles. The molecule has 0 amide bonds. The minimum absolute atomic E-state index is 0.0147. The Hall–Kier alpha value is -0.310. The fourth-order valence-electron chi connectivity index (χ4n) is 1.56. The van der Waals surface area contributed by atoms with Crippen LogP contribution in [0.15, 0.2) is 36.2 Å². The summed E-state index contributed by atoms with van der Waals surface area (Å²) >= 11 is 15.6. The molecule has 114 valence electrons. The second kappa shape index (κ2) is 7.30. The molecule has 0 aliphatic carbocycles. The lowest BCUT2D eigenvalue weighted by Gasteiger charge is -2.14. The van der Waals surface area contributed by atoms with Gasteiger partial charge in [-0.1, -0.05) is 11.6 Å². The molecule has 0 spiro atoms. The summed E-state index contributed by atoms with van der Waals surface area (Å²) in [7, 11) is 0. The SMILES string of the molecule is FC(F)Oc1c(Br)cc(Cl)cc1NCc1cc(Br)c(Br)o1. The van der Waals surface area contributed by atoms with Crippen LogP contribution in [0, 0.1) is 0 Å². The summed E-state index contributed by atoms with van der Waals surface area (Å²) in [5.41, 5.74) is 0.332. The molecule has 3 nitrogen and oxygen atoms in total. The number of nitrogens with one attached hydrogen (secondary N) is 1. The Balaban J connectivity index is 2.21. The maximum atomic E-state index is 12.5. The van der Waals surface area contributed by atoms with Gasteiger partial charge >= 0.3 is 6.61 Å². The van der Waals surface area contributed by atoms with Crippen LogP contribution in [0.5, 0.6) is 5.75 Å². The molecule has 0 bridgehead atoms. The number of alkyl halides is 2. The number of benzene rings is 1. The van der Waals surface area contributed by atoms with Gasteiger partial charge in [-0.2, -0.15) is 8.78 Å². The Kier molecular flexibility index (Phi) is 5.93. The van der Waals surface area contributed by atoms with Gasteiger partial charge in [-0.3, -0.25) is 0 Å². The molecule has 1 aromatic heterocycles. The average molecular weight is 510 g/mol. The number of furan rings is 1. The van der Waals surface area contributed by atoms with Crippen LogP contribution in [0.1, 0.15) is 5.76 Å². The number of anilines is 1. The Labute approximate surface area is 149 Å². The lowest BCUT2D eigenvalue weighted by atomic mass is 10.3. The zero-order chi connectivity index (χ0) is 15.6. The molecule has 0 atom stereocenters. The standard InChI is InChI=1S/C12H7Br3ClF2NO2/c13-7-1-5(16)2-9(10(7)21-12(17)18)19-4-6-3-8(14)11(15)20-6/h1-3,12,19H,4H2. The fraction of sp³-hybridized carbons (Fsp3) is 0.167.